The molecule has 174 valence electrons. The molecule has 3 rings (SSSR count). The van der Waals surface area contributed by atoms with Gasteiger partial charge >= 0.3 is 11.9 Å². The predicted molar refractivity (Wildman–Crippen MR) is 127 cm³/mol. The number of terminal acetylenes is 2. The number of ether oxygens (including phenoxy) is 3. The van der Waals surface area contributed by atoms with Gasteiger partial charge in [0.2, 0.25) is 5.88 Å². The highest BCUT2D eigenvalue weighted by molar-refractivity contribution is 5.93. The number of fused-ring (bicyclic) bond motifs is 1. The molecule has 0 aliphatic carbocycles. The van der Waals surface area contributed by atoms with Crippen molar-refractivity contribution in [1.82, 2.24) is 4.98 Å². The van der Waals surface area contributed by atoms with E-state index in [1.165, 1.54) is 0 Å². The maximum absolute atomic E-state index is 12.7. The van der Waals surface area contributed by atoms with Crippen molar-refractivity contribution in [2.45, 2.75) is 25.7 Å². The van der Waals surface area contributed by atoms with Crippen LogP contribution in [0.3, 0.4) is 0 Å². The number of aromatic nitrogens is 1. The zero-order valence-corrected chi connectivity index (χ0v) is 18.8. The van der Waals surface area contributed by atoms with Crippen LogP contribution in [0.5, 0.6) is 5.75 Å². The Morgan fingerprint density at radius 3 is 2.62 bits per heavy atom. The van der Waals surface area contributed by atoms with Gasteiger partial charge < -0.3 is 25.3 Å². The molecule has 2 aromatic rings. The summed E-state index contributed by atoms with van der Waals surface area (Å²) in [6, 6.07) is 9.23. The van der Waals surface area contributed by atoms with Gasteiger partial charge in [-0.15, -0.1) is 12.8 Å². The minimum atomic E-state index is -0.779. The van der Waals surface area contributed by atoms with E-state index in [9.17, 15) is 9.59 Å². The summed E-state index contributed by atoms with van der Waals surface area (Å²) in [6.45, 7) is 2.43. The lowest BCUT2D eigenvalue weighted by Crippen LogP contribution is -2.28. The van der Waals surface area contributed by atoms with Crippen LogP contribution >= 0.6 is 0 Å². The fourth-order valence-electron chi connectivity index (χ4n) is 3.54. The highest BCUT2D eigenvalue weighted by Crippen LogP contribution is 2.42. The average Bonchev–Trinajstić information content (AvgIpc) is 2.84. The second-order valence-corrected chi connectivity index (χ2v) is 7.39. The second-order valence-electron chi connectivity index (χ2n) is 7.39. The quantitative estimate of drug-likeness (QED) is 0.435. The molecule has 0 saturated heterocycles. The van der Waals surface area contributed by atoms with Crippen LogP contribution in [0, 0.1) is 24.7 Å². The van der Waals surface area contributed by atoms with Gasteiger partial charge in [-0.2, -0.15) is 0 Å². The third-order valence-electron chi connectivity index (χ3n) is 5.06. The molecule has 34 heavy (non-hydrogen) atoms. The lowest BCUT2D eigenvalue weighted by Gasteiger charge is -2.28. The van der Waals surface area contributed by atoms with Crippen molar-refractivity contribution < 1.29 is 23.8 Å². The number of esters is 2. The molecule has 3 N–H and O–H groups in total. The van der Waals surface area contributed by atoms with Gasteiger partial charge in [0.05, 0.1) is 6.42 Å². The monoisotopic (exact) mass is 459 g/mol. The molecule has 1 aliphatic rings. The number of nitrogens with two attached hydrogens (primary N) is 1. The van der Waals surface area contributed by atoms with Gasteiger partial charge in [-0.3, -0.25) is 4.79 Å². The molecule has 8 heteroatoms. The van der Waals surface area contributed by atoms with E-state index in [0.29, 0.717) is 11.3 Å². The van der Waals surface area contributed by atoms with Crippen LogP contribution in [0.15, 0.2) is 48.0 Å². The van der Waals surface area contributed by atoms with Crippen LogP contribution < -0.4 is 15.8 Å². The maximum atomic E-state index is 12.7. The molecule has 0 bridgehead atoms. The topological polar surface area (TPSA) is 113 Å². The highest BCUT2D eigenvalue weighted by Gasteiger charge is 2.36. The molecule has 1 aliphatic heterocycles. The fraction of sp³-hybridized carbons (Fsp3) is 0.269. The van der Waals surface area contributed by atoms with Crippen LogP contribution in [0.4, 0.5) is 5.82 Å². The van der Waals surface area contributed by atoms with Crippen molar-refractivity contribution in [3.05, 3.63) is 53.5 Å². The minimum absolute atomic E-state index is 0.00223. The molecular formula is C26H25N3O5. The Kier molecular flexibility index (Phi) is 8.15. The molecule has 2 heterocycles. The van der Waals surface area contributed by atoms with Gasteiger partial charge in [0, 0.05) is 24.2 Å². The second kappa shape index (κ2) is 11.4. The molecule has 0 amide bonds. The zero-order valence-electron chi connectivity index (χ0n) is 18.8. The smallest absolute Gasteiger partial charge is 0.341 e. The first-order valence-electron chi connectivity index (χ1n) is 10.7. The van der Waals surface area contributed by atoms with E-state index < -0.39 is 17.9 Å². The Bertz CT molecular complexity index is 1190. The number of carbonyl (C=O) groups excluding carboxylic acids is 2. The van der Waals surface area contributed by atoms with Crippen LogP contribution in [-0.2, 0) is 19.1 Å². The standard InChI is InChI=1S/C26H25N3O5/c1-4-10-28-22-15-18(9-11-29-22)17-7-8-21-19(14-17)20(16-23(30)32-12-5-2)24(25(27)34-21)26(31)33-13-6-3/h2-3,7-9,11,14-15,20H,4,10,12-13,16,27H2,1H3,(H,28,29). The van der Waals surface area contributed by atoms with E-state index in [1.54, 1.807) is 12.3 Å². The van der Waals surface area contributed by atoms with Crippen molar-refractivity contribution in [1.29, 1.82) is 0 Å². The zero-order chi connectivity index (χ0) is 24.5. The number of nitrogens with zero attached hydrogens (tertiary/aromatic N) is 1. The average molecular weight is 460 g/mol. The van der Waals surface area contributed by atoms with E-state index in [2.05, 4.69) is 29.1 Å². The highest BCUT2D eigenvalue weighted by atomic mass is 16.5. The predicted octanol–water partition coefficient (Wildman–Crippen LogP) is 2.96. The molecule has 1 unspecified atom stereocenters. The lowest BCUT2D eigenvalue weighted by atomic mass is 9.84. The molecule has 8 nitrogen and oxygen atoms in total. The largest absolute Gasteiger partial charge is 0.452 e. The SMILES string of the molecule is C#CCOC(=O)CC1C(C(=O)OCC#C)=C(N)Oc2ccc(-c3ccnc(NCCC)c3)cc21. The number of hydrogen-bond donors (Lipinski definition) is 2. The summed E-state index contributed by atoms with van der Waals surface area (Å²) >= 11 is 0. The summed E-state index contributed by atoms with van der Waals surface area (Å²) < 4.78 is 15.8. The molecule has 1 atom stereocenters. The van der Waals surface area contributed by atoms with Crippen LogP contribution in [0.2, 0.25) is 0 Å². The van der Waals surface area contributed by atoms with E-state index in [-0.39, 0.29) is 31.1 Å². The number of pyridine rings is 1. The third kappa shape index (κ3) is 5.67. The molecular weight excluding hydrogens is 434 g/mol. The number of benzene rings is 1. The summed E-state index contributed by atoms with van der Waals surface area (Å²) in [5.74, 6) is 3.34. The number of rotatable bonds is 9. The molecule has 0 fully saturated rings. The minimum Gasteiger partial charge on any atom is -0.452 e. The fourth-order valence-corrected chi connectivity index (χ4v) is 3.54. The first kappa shape index (κ1) is 24.2. The van der Waals surface area contributed by atoms with Crippen molar-refractivity contribution in [2.75, 3.05) is 25.1 Å². The van der Waals surface area contributed by atoms with Gasteiger partial charge in [-0.1, -0.05) is 24.8 Å². The summed E-state index contributed by atoms with van der Waals surface area (Å²) in [7, 11) is 0. The first-order chi connectivity index (χ1) is 16.5. The van der Waals surface area contributed by atoms with Gasteiger partial charge in [0.1, 0.15) is 17.1 Å². The van der Waals surface area contributed by atoms with Crippen LogP contribution in [0.25, 0.3) is 11.1 Å². The number of anilines is 1. The normalized spacial score (nSPS) is 14.1. The molecule has 0 spiro atoms. The van der Waals surface area contributed by atoms with Crippen molar-refractivity contribution >= 4 is 17.8 Å². The Morgan fingerprint density at radius 1 is 1.15 bits per heavy atom. The maximum Gasteiger partial charge on any atom is 0.341 e. The Morgan fingerprint density at radius 2 is 1.88 bits per heavy atom. The Labute approximate surface area is 198 Å². The van der Waals surface area contributed by atoms with E-state index in [1.807, 2.05) is 24.3 Å². The summed E-state index contributed by atoms with van der Waals surface area (Å²) in [4.78, 5) is 29.5. The summed E-state index contributed by atoms with van der Waals surface area (Å²) in [5.41, 5.74) is 8.36. The first-order valence-corrected chi connectivity index (χ1v) is 10.7. The van der Waals surface area contributed by atoms with Crippen LogP contribution in [0.1, 0.15) is 31.2 Å². The number of nitrogens with one attached hydrogen (secondary N) is 1. The Balaban J connectivity index is 2.02. The van der Waals surface area contributed by atoms with Gasteiger partial charge in [0.15, 0.2) is 13.2 Å². The van der Waals surface area contributed by atoms with E-state index >= 15 is 0 Å². The summed E-state index contributed by atoms with van der Waals surface area (Å²) in [6.07, 6.45) is 12.9. The molecule has 0 saturated carbocycles. The van der Waals surface area contributed by atoms with Crippen molar-refractivity contribution in [2.24, 2.45) is 5.73 Å². The number of carbonyl (C=O) groups is 2. The van der Waals surface area contributed by atoms with Crippen LogP contribution in [-0.4, -0.2) is 36.7 Å². The number of hydrogen-bond acceptors (Lipinski definition) is 8. The molecule has 1 aromatic carbocycles. The lowest BCUT2D eigenvalue weighted by molar-refractivity contribution is -0.142. The van der Waals surface area contributed by atoms with Gasteiger partial charge in [-0.05, 0) is 41.8 Å². The van der Waals surface area contributed by atoms with Gasteiger partial charge in [-0.25, -0.2) is 9.78 Å². The Hall–Kier alpha value is -4.43. The molecule has 1 aromatic heterocycles. The molecule has 0 radical (unpaired) electrons. The van der Waals surface area contributed by atoms with E-state index in [4.69, 9.17) is 32.8 Å². The van der Waals surface area contributed by atoms with Crippen molar-refractivity contribution in [3.63, 3.8) is 0 Å². The van der Waals surface area contributed by atoms with Crippen molar-refractivity contribution in [3.8, 4) is 41.6 Å². The van der Waals surface area contributed by atoms with Gasteiger partial charge in [0.25, 0.3) is 0 Å². The summed E-state index contributed by atoms with van der Waals surface area (Å²) in [5, 5.41) is 3.25. The van der Waals surface area contributed by atoms with E-state index in [0.717, 1.165) is 29.9 Å². The third-order valence-corrected chi connectivity index (χ3v) is 5.06.